The van der Waals surface area contributed by atoms with Gasteiger partial charge in [0, 0.05) is 37.2 Å². The number of aromatic nitrogens is 1. The highest BCUT2D eigenvalue weighted by atomic mass is 16.5. The van der Waals surface area contributed by atoms with Gasteiger partial charge < -0.3 is 14.1 Å². The first-order valence-electron chi connectivity index (χ1n) is 9.14. The van der Waals surface area contributed by atoms with Crippen LogP contribution in [0.3, 0.4) is 0 Å². The van der Waals surface area contributed by atoms with E-state index in [1.165, 1.54) is 13.0 Å². The Morgan fingerprint density at radius 1 is 1.28 bits per heavy atom. The Kier molecular flexibility index (Phi) is 4.88. The van der Waals surface area contributed by atoms with Crippen molar-refractivity contribution in [3.05, 3.63) is 54.2 Å². The van der Waals surface area contributed by atoms with Gasteiger partial charge in [-0.05, 0) is 44.3 Å². The van der Waals surface area contributed by atoms with Crippen molar-refractivity contribution in [2.75, 3.05) is 39.8 Å². The summed E-state index contributed by atoms with van der Waals surface area (Å²) in [6, 6.07) is 10.0. The molecule has 0 aromatic carbocycles. The van der Waals surface area contributed by atoms with Gasteiger partial charge in [0.05, 0.1) is 31.7 Å². The number of ether oxygens (including phenoxy) is 1. The van der Waals surface area contributed by atoms with Crippen molar-refractivity contribution in [2.24, 2.45) is 11.3 Å². The summed E-state index contributed by atoms with van der Waals surface area (Å²) in [6.45, 7) is 6.90. The third-order valence-corrected chi connectivity index (χ3v) is 5.70. The third-order valence-electron chi connectivity index (χ3n) is 5.70. The molecule has 0 amide bonds. The Hall–Kier alpha value is -1.69. The van der Waals surface area contributed by atoms with Crippen LogP contribution >= 0.6 is 0 Å². The first-order valence-corrected chi connectivity index (χ1v) is 9.14. The predicted octanol–water partition coefficient (Wildman–Crippen LogP) is 2.65. The SMILES string of the molecule is CN1C[C@@H](COCc2ccccn2)[C@]2(CCN(Cc3ccco3)C2)C1. The van der Waals surface area contributed by atoms with Gasteiger partial charge in [0.1, 0.15) is 5.76 Å². The topological polar surface area (TPSA) is 41.7 Å². The van der Waals surface area contributed by atoms with E-state index in [-0.39, 0.29) is 0 Å². The van der Waals surface area contributed by atoms with Gasteiger partial charge in [-0.3, -0.25) is 9.88 Å². The van der Waals surface area contributed by atoms with Crippen LogP contribution < -0.4 is 0 Å². The minimum absolute atomic E-state index is 0.353. The monoisotopic (exact) mass is 341 g/mol. The molecule has 0 aliphatic carbocycles. The van der Waals surface area contributed by atoms with Gasteiger partial charge in [0.15, 0.2) is 0 Å². The standard InChI is InChI=1S/C20H27N3O2/c1-22-11-17(13-24-14-18-5-2-3-8-21-18)20(15-22)7-9-23(16-20)12-19-6-4-10-25-19/h2-6,8,10,17H,7,9,11-16H2,1H3/t17-,20+/m0/s1. The van der Waals surface area contributed by atoms with Gasteiger partial charge >= 0.3 is 0 Å². The summed E-state index contributed by atoms with van der Waals surface area (Å²) in [5.41, 5.74) is 1.36. The van der Waals surface area contributed by atoms with Crippen LogP contribution in [0.4, 0.5) is 0 Å². The Morgan fingerprint density at radius 2 is 2.24 bits per heavy atom. The maximum Gasteiger partial charge on any atom is 0.117 e. The summed E-state index contributed by atoms with van der Waals surface area (Å²) >= 11 is 0. The van der Waals surface area contributed by atoms with Crippen LogP contribution in [-0.2, 0) is 17.9 Å². The smallest absolute Gasteiger partial charge is 0.117 e. The molecule has 0 bridgehead atoms. The highest BCUT2D eigenvalue weighted by molar-refractivity contribution is 5.05. The fourth-order valence-corrected chi connectivity index (χ4v) is 4.52. The minimum atomic E-state index is 0.353. The third kappa shape index (κ3) is 3.78. The molecule has 2 aliphatic rings. The first-order chi connectivity index (χ1) is 12.2. The summed E-state index contributed by atoms with van der Waals surface area (Å²) in [5, 5.41) is 0. The van der Waals surface area contributed by atoms with E-state index in [9.17, 15) is 0 Å². The summed E-state index contributed by atoms with van der Waals surface area (Å²) in [7, 11) is 2.23. The summed E-state index contributed by atoms with van der Waals surface area (Å²) in [6.07, 6.45) is 4.83. The number of rotatable bonds is 6. The summed E-state index contributed by atoms with van der Waals surface area (Å²) in [4.78, 5) is 9.34. The lowest BCUT2D eigenvalue weighted by Crippen LogP contribution is -2.36. The molecule has 5 heteroatoms. The summed E-state index contributed by atoms with van der Waals surface area (Å²) < 4.78 is 11.6. The first kappa shape index (κ1) is 16.8. The number of furan rings is 1. The Morgan fingerprint density at radius 3 is 3.04 bits per heavy atom. The van der Waals surface area contributed by atoms with Gasteiger partial charge in [-0.15, -0.1) is 0 Å². The number of hydrogen-bond acceptors (Lipinski definition) is 5. The zero-order valence-corrected chi connectivity index (χ0v) is 14.9. The van der Waals surface area contributed by atoms with E-state index in [0.717, 1.165) is 44.2 Å². The maximum absolute atomic E-state index is 6.05. The van der Waals surface area contributed by atoms with E-state index in [2.05, 4.69) is 27.9 Å². The molecule has 0 N–H and O–H groups in total. The largest absolute Gasteiger partial charge is 0.468 e. The molecular weight excluding hydrogens is 314 g/mol. The van der Waals surface area contributed by atoms with E-state index in [0.29, 0.717) is 17.9 Å². The van der Waals surface area contributed by atoms with Crippen molar-refractivity contribution < 1.29 is 9.15 Å². The van der Waals surface area contributed by atoms with Gasteiger partial charge in [0.25, 0.3) is 0 Å². The fraction of sp³-hybridized carbons (Fsp3) is 0.550. The zero-order chi connectivity index (χ0) is 17.1. The lowest BCUT2D eigenvalue weighted by molar-refractivity contribution is 0.0499. The molecule has 0 unspecified atom stereocenters. The normalized spacial score (nSPS) is 27.5. The highest BCUT2D eigenvalue weighted by Crippen LogP contribution is 2.43. The molecule has 2 atom stereocenters. The van der Waals surface area contributed by atoms with Gasteiger partial charge in [-0.1, -0.05) is 6.07 Å². The van der Waals surface area contributed by atoms with Crippen LogP contribution in [0.25, 0.3) is 0 Å². The second-order valence-corrected chi connectivity index (χ2v) is 7.63. The van der Waals surface area contributed by atoms with Crippen molar-refractivity contribution in [1.29, 1.82) is 0 Å². The lowest BCUT2D eigenvalue weighted by Gasteiger charge is -2.30. The molecule has 2 aliphatic heterocycles. The van der Waals surface area contributed by atoms with Gasteiger partial charge in [-0.2, -0.15) is 0 Å². The van der Waals surface area contributed by atoms with E-state index in [1.807, 2.05) is 30.5 Å². The predicted molar refractivity (Wildman–Crippen MR) is 95.9 cm³/mol. The van der Waals surface area contributed by atoms with Crippen LogP contribution in [0.5, 0.6) is 0 Å². The van der Waals surface area contributed by atoms with Crippen LogP contribution in [-0.4, -0.2) is 54.6 Å². The molecule has 5 nitrogen and oxygen atoms in total. The fourth-order valence-electron chi connectivity index (χ4n) is 4.52. The van der Waals surface area contributed by atoms with Gasteiger partial charge in [0.2, 0.25) is 0 Å². The molecule has 2 fully saturated rings. The van der Waals surface area contributed by atoms with E-state index < -0.39 is 0 Å². The van der Waals surface area contributed by atoms with E-state index in [4.69, 9.17) is 9.15 Å². The Labute approximate surface area is 149 Å². The molecule has 2 aromatic heterocycles. The van der Waals surface area contributed by atoms with Crippen molar-refractivity contribution in [1.82, 2.24) is 14.8 Å². The van der Waals surface area contributed by atoms with Crippen LogP contribution in [0.15, 0.2) is 47.2 Å². The molecule has 4 rings (SSSR count). The number of nitrogens with zero attached hydrogens (tertiary/aromatic N) is 3. The second kappa shape index (κ2) is 7.28. The second-order valence-electron chi connectivity index (χ2n) is 7.63. The maximum atomic E-state index is 6.05. The van der Waals surface area contributed by atoms with Crippen molar-refractivity contribution >= 4 is 0 Å². The number of likely N-dealkylation sites (tertiary alicyclic amines) is 2. The zero-order valence-electron chi connectivity index (χ0n) is 14.9. The summed E-state index contributed by atoms with van der Waals surface area (Å²) in [5.74, 6) is 1.65. The van der Waals surface area contributed by atoms with Crippen LogP contribution in [0.1, 0.15) is 17.9 Å². The molecule has 134 valence electrons. The molecule has 0 radical (unpaired) electrons. The minimum Gasteiger partial charge on any atom is -0.468 e. The molecular formula is C20H27N3O2. The average molecular weight is 341 g/mol. The van der Waals surface area contributed by atoms with Gasteiger partial charge in [-0.25, -0.2) is 0 Å². The molecule has 0 saturated carbocycles. The van der Waals surface area contributed by atoms with E-state index in [1.54, 1.807) is 6.26 Å². The number of hydrogen-bond donors (Lipinski definition) is 0. The molecule has 2 saturated heterocycles. The quantitative estimate of drug-likeness (QED) is 0.808. The molecule has 25 heavy (non-hydrogen) atoms. The molecule has 1 spiro atoms. The van der Waals surface area contributed by atoms with Crippen LogP contribution in [0, 0.1) is 11.3 Å². The Balaban J connectivity index is 1.34. The number of pyridine rings is 1. The molecule has 2 aromatic rings. The molecule has 4 heterocycles. The van der Waals surface area contributed by atoms with Crippen LogP contribution in [0.2, 0.25) is 0 Å². The average Bonchev–Trinajstić information content (AvgIpc) is 3.32. The van der Waals surface area contributed by atoms with E-state index >= 15 is 0 Å². The van der Waals surface area contributed by atoms with Crippen molar-refractivity contribution in [2.45, 2.75) is 19.6 Å². The Bertz CT molecular complexity index is 661. The highest BCUT2D eigenvalue weighted by Gasteiger charge is 2.49. The van der Waals surface area contributed by atoms with Crippen molar-refractivity contribution in [3.63, 3.8) is 0 Å². The van der Waals surface area contributed by atoms with Crippen molar-refractivity contribution in [3.8, 4) is 0 Å². The lowest BCUT2D eigenvalue weighted by atomic mass is 9.77.